The minimum absolute atomic E-state index is 0.0364. The normalized spacial score (nSPS) is 14.3. The monoisotopic (exact) mass is 585 g/mol. The number of carbonyl (C=O) groups is 4. The number of halogens is 3. The van der Waals surface area contributed by atoms with Crippen molar-refractivity contribution < 1.29 is 33.0 Å². The summed E-state index contributed by atoms with van der Waals surface area (Å²) in [6.07, 6.45) is 1.26. The van der Waals surface area contributed by atoms with Crippen molar-refractivity contribution >= 4 is 64.4 Å². The molecule has 1 heterocycles. The molecule has 5 amide bonds. The second-order valence-corrected chi connectivity index (χ2v) is 9.31. The first-order valence-corrected chi connectivity index (χ1v) is 12.6. The predicted molar refractivity (Wildman–Crippen MR) is 148 cm³/mol. The molecule has 1 fully saturated rings. The summed E-state index contributed by atoms with van der Waals surface area (Å²) in [6.45, 7) is 3.27. The molecule has 0 aromatic heterocycles. The molecule has 2 N–H and O–H groups in total. The van der Waals surface area contributed by atoms with E-state index in [1.807, 2.05) is 0 Å². The molecule has 9 nitrogen and oxygen atoms in total. The number of anilines is 2. The molecule has 4 rings (SSSR count). The number of benzene rings is 3. The van der Waals surface area contributed by atoms with E-state index in [-0.39, 0.29) is 34.4 Å². The van der Waals surface area contributed by atoms with Crippen LogP contribution in [0.2, 0.25) is 10.0 Å². The molecule has 0 unspecified atom stereocenters. The van der Waals surface area contributed by atoms with Gasteiger partial charge in [-0.05, 0) is 79.6 Å². The van der Waals surface area contributed by atoms with Crippen LogP contribution in [0.25, 0.3) is 6.08 Å². The summed E-state index contributed by atoms with van der Waals surface area (Å²) >= 11 is 12.6. The Morgan fingerprint density at radius 1 is 1.02 bits per heavy atom. The van der Waals surface area contributed by atoms with Crippen molar-refractivity contribution in [3.63, 3.8) is 0 Å². The fourth-order valence-electron chi connectivity index (χ4n) is 3.72. The average Bonchev–Trinajstić information content (AvgIpc) is 2.89. The quantitative estimate of drug-likeness (QED) is 0.265. The first kappa shape index (κ1) is 28.6. The smallest absolute Gasteiger partial charge is 0.335 e. The van der Waals surface area contributed by atoms with E-state index in [0.29, 0.717) is 16.3 Å². The number of ether oxygens (including phenoxy) is 2. The molecule has 1 saturated heterocycles. The predicted octanol–water partition coefficient (Wildman–Crippen LogP) is 5.52. The van der Waals surface area contributed by atoms with Crippen LogP contribution in [0.1, 0.15) is 18.1 Å². The summed E-state index contributed by atoms with van der Waals surface area (Å²) in [5.74, 6) is -2.51. The number of carbonyl (C=O) groups excluding carboxylic acids is 4. The van der Waals surface area contributed by atoms with Gasteiger partial charge in [-0.2, -0.15) is 0 Å². The lowest BCUT2D eigenvalue weighted by molar-refractivity contribution is -0.122. The largest absolute Gasteiger partial charge is 0.490 e. The number of barbiturate groups is 1. The van der Waals surface area contributed by atoms with Gasteiger partial charge in [0.05, 0.1) is 17.3 Å². The van der Waals surface area contributed by atoms with Gasteiger partial charge >= 0.3 is 6.03 Å². The summed E-state index contributed by atoms with van der Waals surface area (Å²) in [5.41, 5.74) is 1.28. The van der Waals surface area contributed by atoms with E-state index in [9.17, 15) is 23.6 Å². The van der Waals surface area contributed by atoms with Crippen LogP contribution in [0, 0.1) is 12.7 Å². The molecular formula is C28H22Cl2FN3O6. The highest BCUT2D eigenvalue weighted by atomic mass is 35.5. The third-order valence-electron chi connectivity index (χ3n) is 5.63. The third kappa shape index (κ3) is 6.41. The molecule has 3 aromatic carbocycles. The van der Waals surface area contributed by atoms with E-state index in [0.717, 1.165) is 10.5 Å². The zero-order valence-electron chi connectivity index (χ0n) is 21.2. The molecule has 0 aliphatic carbocycles. The Labute approximate surface area is 238 Å². The van der Waals surface area contributed by atoms with Gasteiger partial charge in [0, 0.05) is 10.7 Å². The number of hydrogen-bond acceptors (Lipinski definition) is 6. The van der Waals surface area contributed by atoms with Crippen LogP contribution in [-0.4, -0.2) is 37.0 Å². The summed E-state index contributed by atoms with van der Waals surface area (Å²) < 4.78 is 24.3. The van der Waals surface area contributed by atoms with Crippen molar-refractivity contribution in [2.75, 3.05) is 23.4 Å². The van der Waals surface area contributed by atoms with Gasteiger partial charge in [-0.1, -0.05) is 29.3 Å². The van der Waals surface area contributed by atoms with Crippen molar-refractivity contribution in [1.82, 2.24) is 5.32 Å². The summed E-state index contributed by atoms with van der Waals surface area (Å²) in [4.78, 5) is 51.5. The van der Waals surface area contributed by atoms with E-state index in [2.05, 4.69) is 10.6 Å². The van der Waals surface area contributed by atoms with Crippen molar-refractivity contribution in [1.29, 1.82) is 0 Å². The lowest BCUT2D eigenvalue weighted by Crippen LogP contribution is -2.54. The van der Waals surface area contributed by atoms with E-state index >= 15 is 0 Å². The van der Waals surface area contributed by atoms with Gasteiger partial charge in [0.1, 0.15) is 11.4 Å². The molecule has 0 atom stereocenters. The van der Waals surface area contributed by atoms with Gasteiger partial charge in [-0.15, -0.1) is 0 Å². The number of hydrogen-bond donors (Lipinski definition) is 2. The highest BCUT2D eigenvalue weighted by molar-refractivity contribution is 6.39. The molecule has 0 spiro atoms. The number of amides is 5. The molecule has 3 aromatic rings. The van der Waals surface area contributed by atoms with Crippen LogP contribution in [0.5, 0.6) is 11.5 Å². The van der Waals surface area contributed by atoms with Crippen LogP contribution in [0.4, 0.5) is 20.6 Å². The summed E-state index contributed by atoms with van der Waals surface area (Å²) in [6, 6.07) is 11.8. The Morgan fingerprint density at radius 2 is 1.75 bits per heavy atom. The SMILES string of the molecule is CCOc1cc(/C=C2\C(=O)NC(=O)N(c3ccc(C)c(Cl)c3)C2=O)cc(Cl)c1OCC(=O)Nc1ccc(F)cc1. The second kappa shape index (κ2) is 12.2. The van der Waals surface area contributed by atoms with Crippen LogP contribution in [0.3, 0.4) is 0 Å². The van der Waals surface area contributed by atoms with E-state index < -0.39 is 36.2 Å². The molecule has 40 heavy (non-hydrogen) atoms. The zero-order chi connectivity index (χ0) is 29.0. The van der Waals surface area contributed by atoms with Crippen molar-refractivity contribution in [3.05, 3.63) is 87.2 Å². The number of nitrogens with one attached hydrogen (secondary N) is 2. The fraction of sp³-hybridized carbons (Fsp3) is 0.143. The molecule has 0 saturated carbocycles. The molecule has 12 heteroatoms. The van der Waals surface area contributed by atoms with Gasteiger partial charge in [-0.3, -0.25) is 19.7 Å². The minimum Gasteiger partial charge on any atom is -0.490 e. The summed E-state index contributed by atoms with van der Waals surface area (Å²) in [7, 11) is 0. The number of urea groups is 1. The van der Waals surface area contributed by atoms with Gasteiger partial charge in [0.15, 0.2) is 18.1 Å². The topological polar surface area (TPSA) is 114 Å². The Hall–Kier alpha value is -4.41. The lowest BCUT2D eigenvalue weighted by Gasteiger charge is -2.26. The number of aryl methyl sites for hydroxylation is 1. The average molecular weight is 586 g/mol. The summed E-state index contributed by atoms with van der Waals surface area (Å²) in [5, 5.41) is 5.09. The molecule has 206 valence electrons. The van der Waals surface area contributed by atoms with Crippen molar-refractivity contribution in [2.45, 2.75) is 13.8 Å². The molecule has 1 aliphatic rings. The standard InChI is InChI=1S/C28H22Cl2FN3O6/c1-3-39-23-12-16(11-22(30)25(23)40-14-24(35)32-18-7-5-17(31)6-8-18)10-20-26(36)33-28(38)34(27(20)37)19-9-4-15(2)21(29)13-19/h4-13H,3,14H2,1-2H3,(H,32,35)(H,33,36,38)/b20-10+. The lowest BCUT2D eigenvalue weighted by atomic mass is 10.1. The van der Waals surface area contributed by atoms with Crippen LogP contribution < -0.4 is 25.0 Å². The zero-order valence-corrected chi connectivity index (χ0v) is 22.7. The Balaban J connectivity index is 1.58. The van der Waals surface area contributed by atoms with Gasteiger partial charge in [0.2, 0.25) is 0 Å². The number of nitrogens with zero attached hydrogens (tertiary/aromatic N) is 1. The fourth-order valence-corrected chi connectivity index (χ4v) is 4.17. The third-order valence-corrected chi connectivity index (χ3v) is 6.32. The minimum atomic E-state index is -0.914. The van der Waals surface area contributed by atoms with Gasteiger partial charge in [0.25, 0.3) is 17.7 Å². The first-order chi connectivity index (χ1) is 19.1. The van der Waals surface area contributed by atoms with Crippen molar-refractivity contribution in [3.8, 4) is 11.5 Å². The molecule has 0 radical (unpaired) electrons. The van der Waals surface area contributed by atoms with Crippen LogP contribution in [-0.2, 0) is 14.4 Å². The number of imide groups is 2. The maximum Gasteiger partial charge on any atom is 0.335 e. The van der Waals surface area contributed by atoms with Crippen LogP contribution >= 0.6 is 23.2 Å². The number of rotatable bonds is 8. The Bertz CT molecular complexity index is 1540. The molecule has 0 bridgehead atoms. The van der Waals surface area contributed by atoms with Crippen LogP contribution in [0.15, 0.2) is 60.2 Å². The second-order valence-electron chi connectivity index (χ2n) is 8.50. The first-order valence-electron chi connectivity index (χ1n) is 11.9. The van der Waals surface area contributed by atoms with E-state index in [1.165, 1.54) is 54.6 Å². The Morgan fingerprint density at radius 3 is 2.42 bits per heavy atom. The highest BCUT2D eigenvalue weighted by Gasteiger charge is 2.37. The highest BCUT2D eigenvalue weighted by Crippen LogP contribution is 2.38. The Kier molecular flexibility index (Phi) is 8.71. The maximum atomic E-state index is 13.2. The van der Waals surface area contributed by atoms with Gasteiger partial charge in [-0.25, -0.2) is 14.1 Å². The molecular weight excluding hydrogens is 564 g/mol. The van der Waals surface area contributed by atoms with Gasteiger partial charge < -0.3 is 14.8 Å². The molecule has 1 aliphatic heterocycles. The van der Waals surface area contributed by atoms with Crippen molar-refractivity contribution in [2.24, 2.45) is 0 Å². The van der Waals surface area contributed by atoms with E-state index in [1.54, 1.807) is 19.9 Å². The van der Waals surface area contributed by atoms with E-state index in [4.69, 9.17) is 32.7 Å². The maximum absolute atomic E-state index is 13.2.